The smallest absolute Gasteiger partial charge is 0.323 e. The Morgan fingerprint density at radius 2 is 1.88 bits per heavy atom. The molecule has 1 aliphatic heterocycles. The number of benzene rings is 2. The van der Waals surface area contributed by atoms with Crippen LogP contribution in [-0.4, -0.2) is 70.6 Å². The van der Waals surface area contributed by atoms with Crippen LogP contribution in [0.5, 0.6) is 5.75 Å². The van der Waals surface area contributed by atoms with E-state index in [1.807, 2.05) is 42.5 Å². The predicted octanol–water partition coefficient (Wildman–Crippen LogP) is 2.57. The van der Waals surface area contributed by atoms with Gasteiger partial charge in [-0.15, -0.1) is 0 Å². The fourth-order valence-electron chi connectivity index (χ4n) is 4.81. The minimum atomic E-state index is -1.01. The molecule has 0 aliphatic carbocycles. The number of carboxylic acid groups (broad SMARTS) is 1. The zero-order chi connectivity index (χ0) is 23.3. The maximum atomic E-state index is 13.1. The van der Waals surface area contributed by atoms with Crippen molar-refractivity contribution in [2.24, 2.45) is 11.8 Å². The molecule has 0 bridgehead atoms. The van der Waals surface area contributed by atoms with Crippen molar-refractivity contribution in [3.05, 3.63) is 65.7 Å². The molecule has 2 aromatic rings. The van der Waals surface area contributed by atoms with Gasteiger partial charge in [-0.05, 0) is 54.0 Å². The van der Waals surface area contributed by atoms with Gasteiger partial charge < -0.3 is 25.5 Å². The molecule has 180 valence electrons. The Bertz CT molecular complexity index is 935. The molecule has 0 radical (unpaired) electrons. The lowest BCUT2D eigenvalue weighted by Gasteiger charge is -2.46. The molecule has 1 amide bonds. The summed E-state index contributed by atoms with van der Waals surface area (Å²) < 4.78 is 0. The van der Waals surface area contributed by atoms with Crippen molar-refractivity contribution < 1.29 is 25.3 Å². The van der Waals surface area contributed by atoms with E-state index in [0.717, 1.165) is 30.6 Å². The number of amides is 1. The van der Waals surface area contributed by atoms with Crippen molar-refractivity contribution in [1.82, 2.24) is 9.80 Å². The molecule has 33 heavy (non-hydrogen) atoms. The van der Waals surface area contributed by atoms with Crippen LogP contribution in [0.1, 0.15) is 31.4 Å². The first kappa shape index (κ1) is 26.4. The van der Waals surface area contributed by atoms with Crippen LogP contribution in [0, 0.1) is 11.8 Å². The van der Waals surface area contributed by atoms with Crippen LogP contribution >= 0.6 is 0 Å². The zero-order valence-corrected chi connectivity index (χ0v) is 19.7. The summed E-state index contributed by atoms with van der Waals surface area (Å²) in [4.78, 5) is 27.9. The Labute approximate surface area is 196 Å². The first-order valence-corrected chi connectivity index (χ1v) is 11.2. The van der Waals surface area contributed by atoms with E-state index in [4.69, 9.17) is 5.11 Å². The zero-order valence-electron chi connectivity index (χ0n) is 19.7. The lowest BCUT2D eigenvalue weighted by molar-refractivity contribution is -0.145. The number of carbonyl (C=O) groups is 2. The number of aromatic hydroxyl groups is 1. The van der Waals surface area contributed by atoms with E-state index in [2.05, 4.69) is 24.8 Å². The molecule has 3 atom stereocenters. The number of phenolic OH excluding ortho intramolecular Hbond substituents is 1. The summed E-state index contributed by atoms with van der Waals surface area (Å²) in [5.74, 6) is -0.826. The number of carboxylic acids is 1. The molecule has 3 unspecified atom stereocenters. The minimum Gasteiger partial charge on any atom is -0.508 e. The van der Waals surface area contributed by atoms with Crippen molar-refractivity contribution in [1.29, 1.82) is 0 Å². The van der Waals surface area contributed by atoms with Crippen LogP contribution in [0.2, 0.25) is 0 Å². The Hall–Kier alpha value is -2.90. The lowest BCUT2D eigenvalue weighted by atomic mass is 9.68. The largest absolute Gasteiger partial charge is 0.508 e. The normalized spacial score (nSPS) is 21.6. The first-order chi connectivity index (χ1) is 15.2. The van der Waals surface area contributed by atoms with Gasteiger partial charge in [0.15, 0.2) is 0 Å². The fourth-order valence-corrected chi connectivity index (χ4v) is 4.81. The summed E-state index contributed by atoms with van der Waals surface area (Å²) in [6.07, 6.45) is 1.51. The number of hydrogen-bond donors (Lipinski definition) is 2. The van der Waals surface area contributed by atoms with E-state index >= 15 is 0 Å². The monoisotopic (exact) mass is 456 g/mol. The minimum absolute atomic E-state index is 0. The van der Waals surface area contributed by atoms with Crippen molar-refractivity contribution in [2.75, 3.05) is 33.2 Å². The van der Waals surface area contributed by atoms with Crippen LogP contribution in [0.4, 0.5) is 0 Å². The van der Waals surface area contributed by atoms with Gasteiger partial charge in [-0.1, -0.05) is 56.3 Å². The molecule has 1 heterocycles. The molecular formula is C26H36N2O5. The highest BCUT2D eigenvalue weighted by Gasteiger charge is 2.39. The van der Waals surface area contributed by atoms with Crippen LogP contribution in [0.3, 0.4) is 0 Å². The van der Waals surface area contributed by atoms with Gasteiger partial charge in [0, 0.05) is 20.1 Å². The Balaban J connectivity index is 0.00000385. The number of piperidine rings is 1. The maximum Gasteiger partial charge on any atom is 0.323 e. The van der Waals surface area contributed by atoms with Crippen LogP contribution in [0.15, 0.2) is 54.6 Å². The van der Waals surface area contributed by atoms with E-state index in [1.165, 1.54) is 4.90 Å². The van der Waals surface area contributed by atoms with Gasteiger partial charge in [-0.2, -0.15) is 0 Å². The third-order valence-corrected chi connectivity index (χ3v) is 6.97. The summed E-state index contributed by atoms with van der Waals surface area (Å²) >= 11 is 0. The first-order valence-electron chi connectivity index (χ1n) is 11.2. The van der Waals surface area contributed by atoms with Crippen molar-refractivity contribution >= 4 is 11.9 Å². The number of aliphatic carboxylic acids is 1. The molecule has 0 spiro atoms. The van der Waals surface area contributed by atoms with E-state index < -0.39 is 5.97 Å². The molecule has 4 N–H and O–H groups in total. The summed E-state index contributed by atoms with van der Waals surface area (Å²) in [7, 11) is 1.56. The molecule has 7 nitrogen and oxygen atoms in total. The summed E-state index contributed by atoms with van der Waals surface area (Å²) in [6, 6.07) is 17.4. The molecule has 1 saturated heterocycles. The second-order valence-electron chi connectivity index (χ2n) is 9.35. The standard InChI is InChI=1S/C26H34N2O4.H2O/c1-19-16-28(13-12-26(19,2)22-10-7-11-23(29)15-22)17-21(14-20-8-5-4-6-9-20)25(32)27(3)18-24(30)31;/h4-11,15,19,21,29H,12-14,16-18H2,1-3H3,(H,30,31);1H2. The summed E-state index contributed by atoms with van der Waals surface area (Å²) in [5, 5.41) is 19.1. The highest BCUT2D eigenvalue weighted by atomic mass is 16.4. The van der Waals surface area contributed by atoms with E-state index in [9.17, 15) is 14.7 Å². The van der Waals surface area contributed by atoms with Gasteiger partial charge in [0.1, 0.15) is 12.3 Å². The van der Waals surface area contributed by atoms with Gasteiger partial charge in [0.25, 0.3) is 0 Å². The molecule has 7 heteroatoms. The Morgan fingerprint density at radius 3 is 2.48 bits per heavy atom. The fraction of sp³-hybridized carbons (Fsp3) is 0.462. The summed E-state index contributed by atoms with van der Waals surface area (Å²) in [5.41, 5.74) is 2.17. The van der Waals surface area contributed by atoms with E-state index in [-0.39, 0.29) is 35.0 Å². The number of likely N-dealkylation sites (tertiary alicyclic amines) is 1. The number of rotatable bonds is 8. The second-order valence-corrected chi connectivity index (χ2v) is 9.35. The molecule has 3 rings (SSSR count). The van der Waals surface area contributed by atoms with Gasteiger partial charge >= 0.3 is 5.97 Å². The summed E-state index contributed by atoms with van der Waals surface area (Å²) in [6.45, 7) is 6.46. The number of likely N-dealkylation sites (N-methyl/N-ethyl adjacent to an activating group) is 1. The molecule has 1 fully saturated rings. The highest BCUT2D eigenvalue weighted by Crippen LogP contribution is 2.40. The van der Waals surface area contributed by atoms with Crippen LogP contribution in [-0.2, 0) is 21.4 Å². The predicted molar refractivity (Wildman–Crippen MR) is 128 cm³/mol. The maximum absolute atomic E-state index is 13.1. The van der Waals surface area contributed by atoms with Crippen molar-refractivity contribution in [2.45, 2.75) is 32.1 Å². The molecular weight excluding hydrogens is 420 g/mol. The Morgan fingerprint density at radius 1 is 1.18 bits per heavy atom. The van der Waals surface area contributed by atoms with Crippen LogP contribution in [0.25, 0.3) is 0 Å². The van der Waals surface area contributed by atoms with Crippen LogP contribution < -0.4 is 0 Å². The molecule has 0 saturated carbocycles. The van der Waals surface area contributed by atoms with Gasteiger partial charge in [-0.3, -0.25) is 9.59 Å². The third-order valence-electron chi connectivity index (χ3n) is 6.97. The van der Waals surface area contributed by atoms with Gasteiger partial charge in [0.2, 0.25) is 5.91 Å². The lowest BCUT2D eigenvalue weighted by Crippen LogP contribution is -2.50. The van der Waals surface area contributed by atoms with Gasteiger partial charge in [0.05, 0.1) is 5.92 Å². The van der Waals surface area contributed by atoms with Gasteiger partial charge in [-0.25, -0.2) is 0 Å². The van der Waals surface area contributed by atoms with Crippen molar-refractivity contribution in [3.63, 3.8) is 0 Å². The average molecular weight is 457 g/mol. The number of carbonyl (C=O) groups excluding carboxylic acids is 1. The number of phenols is 1. The quantitative estimate of drug-likeness (QED) is 0.634. The van der Waals surface area contributed by atoms with Crippen molar-refractivity contribution in [3.8, 4) is 5.75 Å². The SMILES string of the molecule is CC1CN(CC(Cc2ccccc2)C(=O)N(C)CC(=O)O)CCC1(C)c1cccc(O)c1.O. The highest BCUT2D eigenvalue weighted by molar-refractivity contribution is 5.83. The topological polar surface area (TPSA) is 113 Å². The van der Waals surface area contributed by atoms with E-state index in [1.54, 1.807) is 13.1 Å². The second kappa shape index (κ2) is 11.3. The third kappa shape index (κ3) is 6.55. The Kier molecular flexibility index (Phi) is 9.02. The molecule has 0 aromatic heterocycles. The average Bonchev–Trinajstić information content (AvgIpc) is 2.75. The molecule has 2 aromatic carbocycles. The van der Waals surface area contributed by atoms with E-state index in [0.29, 0.717) is 18.9 Å². The number of nitrogens with zero attached hydrogens (tertiary/aromatic N) is 2. The number of hydrogen-bond acceptors (Lipinski definition) is 4. The molecule has 1 aliphatic rings.